The molecular weight excluding hydrogens is 377 g/mol. The fraction of sp³-hybridized carbons (Fsp3) is 0.0556. The second-order valence-electron chi connectivity index (χ2n) is 5.49. The molecule has 0 amide bonds. The summed E-state index contributed by atoms with van der Waals surface area (Å²) in [5.41, 5.74) is 2.29. The summed E-state index contributed by atoms with van der Waals surface area (Å²) in [6, 6.07) is 12.6. The van der Waals surface area contributed by atoms with Gasteiger partial charge in [0.25, 0.3) is 5.56 Å². The van der Waals surface area contributed by atoms with E-state index in [9.17, 15) is 4.79 Å². The molecular formula is C18H11Cl2N3OS. The number of benzene rings is 2. The van der Waals surface area contributed by atoms with E-state index < -0.39 is 0 Å². The number of hydrogen-bond acceptors (Lipinski definition) is 4. The van der Waals surface area contributed by atoms with Crippen LogP contribution >= 0.6 is 34.5 Å². The third-order valence-electron chi connectivity index (χ3n) is 3.76. The van der Waals surface area contributed by atoms with E-state index in [1.54, 1.807) is 22.8 Å². The van der Waals surface area contributed by atoms with Crippen molar-refractivity contribution in [3.05, 3.63) is 80.3 Å². The highest BCUT2D eigenvalue weighted by Crippen LogP contribution is 2.25. The van der Waals surface area contributed by atoms with Crippen LogP contribution in [0.1, 0.15) is 5.69 Å². The summed E-state index contributed by atoms with van der Waals surface area (Å²) < 4.78 is 1.55. The van der Waals surface area contributed by atoms with Gasteiger partial charge in [0.2, 0.25) is 0 Å². The first-order valence-electron chi connectivity index (χ1n) is 7.45. The van der Waals surface area contributed by atoms with E-state index in [2.05, 4.69) is 9.97 Å². The molecule has 0 saturated carbocycles. The summed E-state index contributed by atoms with van der Waals surface area (Å²) in [4.78, 5) is 21.5. The maximum Gasteiger partial charge on any atom is 0.261 e. The first kappa shape index (κ1) is 16.3. The van der Waals surface area contributed by atoms with Crippen LogP contribution in [0.4, 0.5) is 0 Å². The minimum Gasteiger partial charge on any atom is -0.293 e. The molecule has 0 aliphatic heterocycles. The Morgan fingerprint density at radius 2 is 1.80 bits per heavy atom. The van der Waals surface area contributed by atoms with Gasteiger partial charge in [-0.25, -0.2) is 9.97 Å². The van der Waals surface area contributed by atoms with Gasteiger partial charge in [-0.3, -0.25) is 9.36 Å². The molecule has 25 heavy (non-hydrogen) atoms. The van der Waals surface area contributed by atoms with Gasteiger partial charge >= 0.3 is 0 Å². The lowest BCUT2D eigenvalue weighted by molar-refractivity contribution is 0.734. The van der Waals surface area contributed by atoms with Crippen molar-refractivity contribution in [1.82, 2.24) is 14.5 Å². The van der Waals surface area contributed by atoms with Crippen molar-refractivity contribution < 1.29 is 0 Å². The van der Waals surface area contributed by atoms with E-state index in [4.69, 9.17) is 23.2 Å². The Bertz CT molecular complexity index is 1120. The molecule has 0 saturated heterocycles. The molecule has 0 radical (unpaired) electrons. The topological polar surface area (TPSA) is 47.8 Å². The van der Waals surface area contributed by atoms with Crippen molar-refractivity contribution >= 4 is 45.4 Å². The lowest BCUT2D eigenvalue weighted by Crippen LogP contribution is -2.21. The third kappa shape index (κ3) is 3.31. The predicted octanol–water partition coefficient (Wildman–Crippen LogP) is 4.88. The Kier molecular flexibility index (Phi) is 4.29. The minimum absolute atomic E-state index is 0.109. The Balaban J connectivity index is 1.66. The quantitative estimate of drug-likeness (QED) is 0.503. The van der Waals surface area contributed by atoms with Crippen LogP contribution < -0.4 is 5.56 Å². The van der Waals surface area contributed by atoms with Crippen LogP contribution in [0.15, 0.2) is 59.0 Å². The van der Waals surface area contributed by atoms with Crippen LogP contribution in [0, 0.1) is 0 Å². The molecule has 0 bridgehead atoms. The Morgan fingerprint density at radius 3 is 2.60 bits per heavy atom. The molecule has 0 aliphatic rings. The molecule has 0 spiro atoms. The first-order chi connectivity index (χ1) is 12.1. The van der Waals surface area contributed by atoms with Crippen LogP contribution in [-0.2, 0) is 6.54 Å². The summed E-state index contributed by atoms with van der Waals surface area (Å²) in [5, 5.41) is 4.63. The van der Waals surface area contributed by atoms with Gasteiger partial charge in [0.05, 0.1) is 29.5 Å². The van der Waals surface area contributed by atoms with Crippen molar-refractivity contribution in [3.63, 3.8) is 0 Å². The van der Waals surface area contributed by atoms with Gasteiger partial charge in [0.1, 0.15) is 5.01 Å². The zero-order chi connectivity index (χ0) is 17.4. The van der Waals surface area contributed by atoms with Crippen molar-refractivity contribution in [3.8, 4) is 10.6 Å². The molecule has 7 heteroatoms. The number of nitrogens with zero attached hydrogens (tertiary/aromatic N) is 3. The van der Waals surface area contributed by atoms with Crippen LogP contribution in [0.25, 0.3) is 21.5 Å². The molecule has 4 rings (SSSR count). The van der Waals surface area contributed by atoms with Gasteiger partial charge in [-0.05, 0) is 30.3 Å². The van der Waals surface area contributed by atoms with E-state index in [0.29, 0.717) is 27.5 Å². The number of aromatic nitrogens is 3. The maximum absolute atomic E-state index is 12.6. The van der Waals surface area contributed by atoms with E-state index in [-0.39, 0.29) is 5.56 Å². The Hall–Kier alpha value is -2.21. The first-order valence-corrected chi connectivity index (χ1v) is 9.09. The van der Waals surface area contributed by atoms with Crippen LogP contribution in [0.5, 0.6) is 0 Å². The Labute approximate surface area is 157 Å². The van der Waals surface area contributed by atoms with E-state index in [1.165, 1.54) is 17.7 Å². The Morgan fingerprint density at radius 1 is 1.04 bits per heavy atom. The van der Waals surface area contributed by atoms with E-state index >= 15 is 0 Å². The summed E-state index contributed by atoms with van der Waals surface area (Å²) >= 11 is 13.4. The normalized spacial score (nSPS) is 11.1. The van der Waals surface area contributed by atoms with Crippen molar-refractivity contribution in [2.24, 2.45) is 0 Å². The van der Waals surface area contributed by atoms with E-state index in [0.717, 1.165) is 16.3 Å². The standard InChI is InChI=1S/C18H11Cl2N3OS/c19-12-3-1-11(2-4-12)17-22-14(9-25-17)8-23-10-21-16-7-13(20)5-6-15(16)18(23)24/h1-7,9-10H,8H2. The molecule has 2 aromatic carbocycles. The summed E-state index contributed by atoms with van der Waals surface area (Å²) in [6.07, 6.45) is 1.53. The molecule has 4 nitrogen and oxygen atoms in total. The molecule has 124 valence electrons. The summed E-state index contributed by atoms with van der Waals surface area (Å²) in [6.45, 7) is 0.370. The van der Waals surface area contributed by atoms with Crippen LogP contribution in [0.3, 0.4) is 0 Å². The molecule has 2 heterocycles. The minimum atomic E-state index is -0.109. The van der Waals surface area contributed by atoms with Gasteiger partial charge in [-0.2, -0.15) is 0 Å². The number of fused-ring (bicyclic) bond motifs is 1. The second-order valence-corrected chi connectivity index (χ2v) is 7.22. The molecule has 0 unspecified atom stereocenters. The fourth-order valence-electron chi connectivity index (χ4n) is 2.52. The second kappa shape index (κ2) is 6.59. The average Bonchev–Trinajstić information content (AvgIpc) is 3.06. The van der Waals surface area contributed by atoms with Gasteiger partial charge < -0.3 is 0 Å². The molecule has 0 fully saturated rings. The molecule has 4 aromatic rings. The SMILES string of the molecule is O=c1c2ccc(Cl)cc2ncn1Cc1csc(-c2ccc(Cl)cc2)n1. The van der Waals surface area contributed by atoms with Crippen LogP contribution in [-0.4, -0.2) is 14.5 Å². The third-order valence-corrected chi connectivity index (χ3v) is 5.19. The van der Waals surface area contributed by atoms with Gasteiger partial charge in [-0.1, -0.05) is 35.3 Å². The lowest BCUT2D eigenvalue weighted by atomic mass is 10.2. The van der Waals surface area contributed by atoms with Crippen LogP contribution in [0.2, 0.25) is 10.0 Å². The van der Waals surface area contributed by atoms with Gasteiger partial charge in [0, 0.05) is 21.0 Å². The van der Waals surface area contributed by atoms with Crippen molar-refractivity contribution in [1.29, 1.82) is 0 Å². The predicted molar refractivity (Wildman–Crippen MR) is 103 cm³/mol. The van der Waals surface area contributed by atoms with Gasteiger partial charge in [-0.15, -0.1) is 11.3 Å². The molecule has 0 aliphatic carbocycles. The molecule has 2 aromatic heterocycles. The molecule has 0 N–H and O–H groups in total. The maximum atomic E-state index is 12.6. The van der Waals surface area contributed by atoms with Gasteiger partial charge in [0.15, 0.2) is 0 Å². The fourth-order valence-corrected chi connectivity index (χ4v) is 3.63. The highest BCUT2D eigenvalue weighted by atomic mass is 35.5. The highest BCUT2D eigenvalue weighted by molar-refractivity contribution is 7.13. The average molecular weight is 388 g/mol. The zero-order valence-corrected chi connectivity index (χ0v) is 15.1. The zero-order valence-electron chi connectivity index (χ0n) is 12.8. The lowest BCUT2D eigenvalue weighted by Gasteiger charge is -2.05. The number of hydrogen-bond donors (Lipinski definition) is 0. The number of halogens is 2. The summed E-state index contributed by atoms with van der Waals surface area (Å²) in [7, 11) is 0. The monoisotopic (exact) mass is 387 g/mol. The molecule has 0 atom stereocenters. The van der Waals surface area contributed by atoms with E-state index in [1.807, 2.05) is 29.6 Å². The smallest absolute Gasteiger partial charge is 0.261 e. The number of rotatable bonds is 3. The van der Waals surface area contributed by atoms with Crippen molar-refractivity contribution in [2.75, 3.05) is 0 Å². The van der Waals surface area contributed by atoms with Crippen molar-refractivity contribution in [2.45, 2.75) is 6.54 Å². The highest BCUT2D eigenvalue weighted by Gasteiger charge is 2.09. The number of thiazole rings is 1. The largest absolute Gasteiger partial charge is 0.293 e. The summed E-state index contributed by atoms with van der Waals surface area (Å²) in [5.74, 6) is 0.